The predicted molar refractivity (Wildman–Crippen MR) is 115 cm³/mol. The Hall–Kier alpha value is -2.28. The first kappa shape index (κ1) is 21.4. The Morgan fingerprint density at radius 2 is 1.66 bits per heavy atom. The van der Waals surface area contributed by atoms with Crippen LogP contribution in [0.4, 0.5) is 5.69 Å². The van der Waals surface area contributed by atoms with Crippen LogP contribution in [0.5, 0.6) is 11.5 Å². The standard InChI is InChI=1S/C23H32N2O4/c1-3-29-23-11-7-5-9-21(23)25-14-12-24(13-15-25)16-20(26)18-28-17-19-8-4-6-10-22(19)27-2/h4-11,20,26H,3,12-18H2,1-2H3/t20-/m0/s1. The quantitative estimate of drug-likeness (QED) is 0.662. The van der Waals surface area contributed by atoms with E-state index >= 15 is 0 Å². The number of hydrogen-bond acceptors (Lipinski definition) is 6. The summed E-state index contributed by atoms with van der Waals surface area (Å²) >= 11 is 0. The van der Waals surface area contributed by atoms with Crippen molar-refractivity contribution >= 4 is 5.69 Å². The number of β-amino-alcohol motifs (C(OH)–C–C–N with tert-alkyl or cyclic N) is 1. The molecule has 0 aliphatic carbocycles. The summed E-state index contributed by atoms with van der Waals surface area (Å²) < 4.78 is 16.8. The fourth-order valence-electron chi connectivity index (χ4n) is 3.65. The summed E-state index contributed by atoms with van der Waals surface area (Å²) in [5.41, 5.74) is 2.14. The predicted octanol–water partition coefficient (Wildman–Crippen LogP) is 2.79. The van der Waals surface area contributed by atoms with Crippen molar-refractivity contribution in [2.75, 3.05) is 57.9 Å². The first-order chi connectivity index (χ1) is 14.2. The summed E-state index contributed by atoms with van der Waals surface area (Å²) in [5.74, 6) is 1.75. The van der Waals surface area contributed by atoms with E-state index in [2.05, 4.69) is 15.9 Å². The summed E-state index contributed by atoms with van der Waals surface area (Å²) in [6.07, 6.45) is -0.507. The van der Waals surface area contributed by atoms with Gasteiger partial charge in [-0.1, -0.05) is 30.3 Å². The van der Waals surface area contributed by atoms with Crippen molar-refractivity contribution in [1.82, 2.24) is 4.90 Å². The van der Waals surface area contributed by atoms with Crippen molar-refractivity contribution in [2.24, 2.45) is 0 Å². The van der Waals surface area contributed by atoms with E-state index < -0.39 is 6.10 Å². The van der Waals surface area contributed by atoms with Crippen LogP contribution >= 0.6 is 0 Å². The molecule has 0 bridgehead atoms. The number of methoxy groups -OCH3 is 1. The number of para-hydroxylation sites is 3. The highest BCUT2D eigenvalue weighted by Crippen LogP contribution is 2.28. The molecule has 2 aromatic rings. The maximum absolute atomic E-state index is 10.4. The van der Waals surface area contributed by atoms with E-state index in [4.69, 9.17) is 14.2 Å². The van der Waals surface area contributed by atoms with E-state index in [0.717, 1.165) is 48.9 Å². The Kier molecular flexibility index (Phi) is 8.16. The minimum Gasteiger partial charge on any atom is -0.496 e. The van der Waals surface area contributed by atoms with E-state index in [0.29, 0.717) is 26.4 Å². The molecule has 2 aromatic carbocycles. The molecule has 29 heavy (non-hydrogen) atoms. The maximum Gasteiger partial charge on any atom is 0.142 e. The van der Waals surface area contributed by atoms with Gasteiger partial charge in [-0.25, -0.2) is 0 Å². The fraction of sp³-hybridized carbons (Fsp3) is 0.478. The molecule has 0 radical (unpaired) electrons. The Morgan fingerprint density at radius 1 is 0.966 bits per heavy atom. The zero-order valence-electron chi connectivity index (χ0n) is 17.4. The van der Waals surface area contributed by atoms with E-state index in [-0.39, 0.29) is 0 Å². The molecule has 0 saturated carbocycles. The fourth-order valence-corrected chi connectivity index (χ4v) is 3.65. The Morgan fingerprint density at radius 3 is 2.38 bits per heavy atom. The van der Waals surface area contributed by atoms with Crippen molar-refractivity contribution < 1.29 is 19.3 Å². The molecule has 0 aromatic heterocycles. The molecule has 1 heterocycles. The first-order valence-corrected chi connectivity index (χ1v) is 10.3. The van der Waals surface area contributed by atoms with Gasteiger partial charge in [0.05, 0.1) is 38.7 Å². The normalized spacial score (nSPS) is 15.9. The van der Waals surface area contributed by atoms with Crippen LogP contribution in [-0.4, -0.2) is 69.2 Å². The minimum atomic E-state index is -0.507. The molecule has 0 amide bonds. The summed E-state index contributed by atoms with van der Waals surface area (Å²) in [6, 6.07) is 16.0. The molecule has 1 aliphatic rings. The lowest BCUT2D eigenvalue weighted by Crippen LogP contribution is -2.49. The molecule has 6 nitrogen and oxygen atoms in total. The van der Waals surface area contributed by atoms with E-state index in [1.165, 1.54) is 0 Å². The SMILES string of the molecule is CCOc1ccccc1N1CCN(C[C@H](O)COCc2ccccc2OC)CC1. The smallest absolute Gasteiger partial charge is 0.142 e. The Labute approximate surface area is 173 Å². The van der Waals surface area contributed by atoms with Gasteiger partial charge >= 0.3 is 0 Å². The third kappa shape index (κ3) is 6.10. The Balaban J connectivity index is 1.41. The average Bonchev–Trinajstić information content (AvgIpc) is 2.75. The van der Waals surface area contributed by atoms with Crippen LogP contribution < -0.4 is 14.4 Å². The summed E-state index contributed by atoms with van der Waals surface area (Å²) in [5, 5.41) is 10.4. The lowest BCUT2D eigenvalue weighted by Gasteiger charge is -2.37. The molecule has 1 aliphatic heterocycles. The van der Waals surface area contributed by atoms with Crippen LogP contribution in [0.1, 0.15) is 12.5 Å². The van der Waals surface area contributed by atoms with E-state index in [1.807, 2.05) is 49.4 Å². The van der Waals surface area contributed by atoms with Gasteiger partial charge in [0.2, 0.25) is 0 Å². The molecular formula is C23H32N2O4. The van der Waals surface area contributed by atoms with Crippen LogP contribution in [0.15, 0.2) is 48.5 Å². The number of aliphatic hydroxyl groups excluding tert-OH is 1. The van der Waals surface area contributed by atoms with Gasteiger partial charge in [-0.05, 0) is 25.1 Å². The van der Waals surface area contributed by atoms with E-state index in [9.17, 15) is 5.11 Å². The van der Waals surface area contributed by atoms with Crippen molar-refractivity contribution in [3.05, 3.63) is 54.1 Å². The van der Waals surface area contributed by atoms with Gasteiger partial charge < -0.3 is 24.2 Å². The second-order valence-electron chi connectivity index (χ2n) is 7.17. The number of anilines is 1. The van der Waals surface area contributed by atoms with Crippen LogP contribution in [0.3, 0.4) is 0 Å². The van der Waals surface area contributed by atoms with Crippen molar-refractivity contribution in [3.63, 3.8) is 0 Å². The molecule has 0 unspecified atom stereocenters. The largest absolute Gasteiger partial charge is 0.496 e. The second-order valence-corrected chi connectivity index (χ2v) is 7.17. The topological polar surface area (TPSA) is 54.4 Å². The minimum absolute atomic E-state index is 0.311. The lowest BCUT2D eigenvalue weighted by molar-refractivity contribution is 0.00865. The van der Waals surface area contributed by atoms with Crippen molar-refractivity contribution in [2.45, 2.75) is 19.6 Å². The first-order valence-electron chi connectivity index (χ1n) is 10.3. The maximum atomic E-state index is 10.4. The van der Waals surface area contributed by atoms with Crippen LogP contribution in [0.25, 0.3) is 0 Å². The van der Waals surface area contributed by atoms with Gasteiger partial charge in [0.25, 0.3) is 0 Å². The van der Waals surface area contributed by atoms with Gasteiger partial charge in [0.15, 0.2) is 0 Å². The van der Waals surface area contributed by atoms with Crippen LogP contribution in [-0.2, 0) is 11.3 Å². The monoisotopic (exact) mass is 400 g/mol. The molecule has 1 saturated heterocycles. The van der Waals surface area contributed by atoms with Gasteiger partial charge in [-0.15, -0.1) is 0 Å². The molecule has 0 spiro atoms. The molecule has 6 heteroatoms. The Bertz CT molecular complexity index is 747. The molecule has 158 valence electrons. The van der Waals surface area contributed by atoms with Gasteiger partial charge in [-0.3, -0.25) is 4.90 Å². The molecule has 1 atom stereocenters. The van der Waals surface area contributed by atoms with Gasteiger partial charge in [-0.2, -0.15) is 0 Å². The summed E-state index contributed by atoms with van der Waals surface area (Å²) in [4.78, 5) is 4.64. The number of nitrogens with zero attached hydrogens (tertiary/aromatic N) is 2. The summed E-state index contributed by atoms with van der Waals surface area (Å²) in [6.45, 7) is 7.68. The zero-order chi connectivity index (χ0) is 20.5. The van der Waals surface area contributed by atoms with Crippen molar-refractivity contribution in [1.29, 1.82) is 0 Å². The van der Waals surface area contributed by atoms with Crippen molar-refractivity contribution in [3.8, 4) is 11.5 Å². The number of piperazine rings is 1. The average molecular weight is 401 g/mol. The third-order valence-electron chi connectivity index (χ3n) is 5.11. The van der Waals surface area contributed by atoms with Gasteiger partial charge in [0, 0.05) is 38.3 Å². The summed E-state index contributed by atoms with van der Waals surface area (Å²) in [7, 11) is 1.65. The van der Waals surface area contributed by atoms with Crippen LogP contribution in [0, 0.1) is 0 Å². The highest BCUT2D eigenvalue weighted by molar-refractivity contribution is 5.58. The molecule has 3 rings (SSSR count). The molecule has 1 fully saturated rings. The number of rotatable bonds is 10. The lowest BCUT2D eigenvalue weighted by atomic mass is 10.2. The second kappa shape index (κ2) is 11.0. The number of ether oxygens (including phenoxy) is 3. The van der Waals surface area contributed by atoms with E-state index in [1.54, 1.807) is 7.11 Å². The third-order valence-corrected chi connectivity index (χ3v) is 5.11. The van der Waals surface area contributed by atoms with Gasteiger partial charge in [0.1, 0.15) is 11.5 Å². The highest BCUT2D eigenvalue weighted by Gasteiger charge is 2.21. The highest BCUT2D eigenvalue weighted by atomic mass is 16.5. The molecule has 1 N–H and O–H groups in total. The number of benzene rings is 2. The zero-order valence-corrected chi connectivity index (χ0v) is 17.4. The molecular weight excluding hydrogens is 368 g/mol. The van der Waals surface area contributed by atoms with Crippen LogP contribution in [0.2, 0.25) is 0 Å². The number of aliphatic hydroxyl groups is 1. The number of hydrogen-bond donors (Lipinski definition) is 1.